The maximum absolute atomic E-state index is 11.2. The van der Waals surface area contributed by atoms with Gasteiger partial charge in [0.15, 0.2) is 0 Å². The normalized spacial score (nSPS) is 19.9. The fourth-order valence-electron chi connectivity index (χ4n) is 2.01. The number of benzene rings is 1. The van der Waals surface area contributed by atoms with Gasteiger partial charge in [-0.2, -0.15) is 0 Å². The van der Waals surface area contributed by atoms with Gasteiger partial charge in [-0.1, -0.05) is 6.07 Å². The van der Waals surface area contributed by atoms with Crippen LogP contribution >= 0.6 is 0 Å². The van der Waals surface area contributed by atoms with E-state index in [0.717, 1.165) is 0 Å². The number of carbonyl (C=O) groups excluding carboxylic acids is 2. The van der Waals surface area contributed by atoms with Crippen molar-refractivity contribution in [3.05, 3.63) is 29.3 Å². The minimum absolute atomic E-state index is 0.285. The van der Waals surface area contributed by atoms with Crippen LogP contribution in [-0.4, -0.2) is 30.5 Å². The van der Waals surface area contributed by atoms with Crippen molar-refractivity contribution in [1.82, 2.24) is 0 Å². The molecule has 1 heterocycles. The number of amides is 1. The third-order valence-corrected chi connectivity index (χ3v) is 4.01. The summed E-state index contributed by atoms with van der Waals surface area (Å²) in [4.78, 5) is 22.4. The molecule has 0 bridgehead atoms. The Hall–Kier alpha value is -1.66. The highest BCUT2D eigenvalue weighted by Crippen LogP contribution is 2.36. The van der Waals surface area contributed by atoms with E-state index in [2.05, 4.69) is 0 Å². The molecule has 0 unspecified atom stereocenters. The third kappa shape index (κ3) is 2.36. The van der Waals surface area contributed by atoms with Crippen LogP contribution in [0.25, 0.3) is 0 Å². The highest BCUT2D eigenvalue weighted by Gasteiger charge is 2.52. The van der Waals surface area contributed by atoms with Crippen LogP contribution in [0, 0.1) is 0 Å². The van der Waals surface area contributed by atoms with Crippen LogP contribution in [0.15, 0.2) is 18.2 Å². The SMILES string of the molecule is CC1(C)OB(c2ccc(C(N)=O)cc2C=O)OC1(C)C. The molecule has 0 saturated carbocycles. The van der Waals surface area contributed by atoms with Crippen LogP contribution < -0.4 is 11.2 Å². The molecule has 1 aromatic carbocycles. The lowest BCUT2D eigenvalue weighted by Gasteiger charge is -2.32. The second-order valence-corrected chi connectivity index (χ2v) is 5.91. The summed E-state index contributed by atoms with van der Waals surface area (Å²) in [7, 11) is -0.637. The quantitative estimate of drug-likeness (QED) is 0.656. The number of primary amides is 1. The molecule has 0 aliphatic carbocycles. The second-order valence-electron chi connectivity index (χ2n) is 5.91. The van der Waals surface area contributed by atoms with E-state index in [9.17, 15) is 9.59 Å². The lowest BCUT2D eigenvalue weighted by atomic mass is 9.75. The molecule has 20 heavy (non-hydrogen) atoms. The van der Waals surface area contributed by atoms with E-state index >= 15 is 0 Å². The number of nitrogens with two attached hydrogens (primary N) is 1. The van der Waals surface area contributed by atoms with E-state index in [1.54, 1.807) is 12.1 Å². The van der Waals surface area contributed by atoms with Gasteiger partial charge >= 0.3 is 7.12 Å². The van der Waals surface area contributed by atoms with E-state index in [-0.39, 0.29) is 5.56 Å². The minimum atomic E-state index is -0.637. The van der Waals surface area contributed by atoms with Crippen molar-refractivity contribution >= 4 is 24.8 Å². The van der Waals surface area contributed by atoms with Crippen LogP contribution in [-0.2, 0) is 9.31 Å². The summed E-state index contributed by atoms with van der Waals surface area (Å²) in [5.74, 6) is -0.575. The Bertz CT molecular complexity index is 552. The summed E-state index contributed by atoms with van der Waals surface area (Å²) in [6, 6.07) is 4.66. The lowest BCUT2D eigenvalue weighted by Crippen LogP contribution is -2.41. The molecule has 1 aliphatic heterocycles. The molecule has 2 N–H and O–H groups in total. The molecular weight excluding hydrogens is 257 g/mol. The van der Waals surface area contributed by atoms with Gasteiger partial charge in [-0.05, 0) is 45.3 Å². The Morgan fingerprint density at radius 3 is 2.20 bits per heavy atom. The van der Waals surface area contributed by atoms with E-state index < -0.39 is 24.2 Å². The van der Waals surface area contributed by atoms with Crippen molar-refractivity contribution in [3.63, 3.8) is 0 Å². The summed E-state index contributed by atoms with van der Waals surface area (Å²) in [5.41, 5.74) is 5.47. The zero-order chi connectivity index (χ0) is 15.1. The molecule has 0 spiro atoms. The largest absolute Gasteiger partial charge is 0.495 e. The molecule has 1 aromatic rings. The number of hydrogen-bond acceptors (Lipinski definition) is 4. The predicted molar refractivity (Wildman–Crippen MR) is 76.1 cm³/mol. The molecule has 0 aromatic heterocycles. The molecule has 1 fully saturated rings. The topological polar surface area (TPSA) is 78.6 Å². The molecular formula is C14H18BNO4. The van der Waals surface area contributed by atoms with E-state index in [4.69, 9.17) is 15.0 Å². The van der Waals surface area contributed by atoms with Gasteiger partial charge in [0.25, 0.3) is 0 Å². The zero-order valence-electron chi connectivity index (χ0n) is 12.1. The number of carbonyl (C=O) groups is 2. The Kier molecular flexibility index (Phi) is 3.48. The number of rotatable bonds is 3. The lowest BCUT2D eigenvalue weighted by molar-refractivity contribution is 0.00578. The van der Waals surface area contributed by atoms with Crippen molar-refractivity contribution in [3.8, 4) is 0 Å². The van der Waals surface area contributed by atoms with Gasteiger partial charge in [0.2, 0.25) is 5.91 Å². The van der Waals surface area contributed by atoms with Gasteiger partial charge in [0.05, 0.1) is 11.2 Å². The van der Waals surface area contributed by atoms with Crippen LogP contribution in [0.3, 0.4) is 0 Å². The van der Waals surface area contributed by atoms with Gasteiger partial charge < -0.3 is 15.0 Å². The van der Waals surface area contributed by atoms with Crippen molar-refractivity contribution in [1.29, 1.82) is 0 Å². The van der Waals surface area contributed by atoms with Crippen LogP contribution in [0.4, 0.5) is 0 Å². The molecule has 0 radical (unpaired) electrons. The minimum Gasteiger partial charge on any atom is -0.399 e. The van der Waals surface area contributed by atoms with Crippen molar-refractivity contribution in [2.75, 3.05) is 0 Å². The molecule has 1 saturated heterocycles. The third-order valence-electron chi connectivity index (χ3n) is 4.01. The van der Waals surface area contributed by atoms with Crippen LogP contribution in [0.2, 0.25) is 0 Å². The van der Waals surface area contributed by atoms with E-state index in [1.165, 1.54) is 6.07 Å². The molecule has 1 aliphatic rings. The molecule has 1 amide bonds. The van der Waals surface area contributed by atoms with Crippen molar-refractivity contribution < 1.29 is 18.9 Å². The van der Waals surface area contributed by atoms with Gasteiger partial charge in [0.1, 0.15) is 6.29 Å². The molecule has 0 atom stereocenters. The van der Waals surface area contributed by atoms with E-state index in [1.807, 2.05) is 27.7 Å². The van der Waals surface area contributed by atoms with Crippen molar-refractivity contribution in [2.24, 2.45) is 5.73 Å². The second kappa shape index (κ2) is 4.72. The molecule has 6 heteroatoms. The highest BCUT2D eigenvalue weighted by atomic mass is 16.7. The summed E-state index contributed by atoms with van der Waals surface area (Å²) >= 11 is 0. The zero-order valence-corrected chi connectivity index (χ0v) is 12.1. The highest BCUT2D eigenvalue weighted by molar-refractivity contribution is 6.63. The Morgan fingerprint density at radius 1 is 1.20 bits per heavy atom. The van der Waals surface area contributed by atoms with Gasteiger partial charge in [-0.25, -0.2) is 0 Å². The smallest absolute Gasteiger partial charge is 0.399 e. The maximum atomic E-state index is 11.2. The number of hydrogen-bond donors (Lipinski definition) is 1. The molecule has 5 nitrogen and oxygen atoms in total. The van der Waals surface area contributed by atoms with Crippen LogP contribution in [0.5, 0.6) is 0 Å². The van der Waals surface area contributed by atoms with Gasteiger partial charge in [-0.3, -0.25) is 9.59 Å². The summed E-state index contributed by atoms with van der Waals surface area (Å²) < 4.78 is 11.8. The Balaban J connectivity index is 2.40. The molecule has 2 rings (SSSR count). The standard InChI is InChI=1S/C14H18BNO4/c1-13(2)14(3,4)20-15(19-13)11-6-5-9(12(16)18)7-10(11)8-17/h5-8H,1-4H3,(H2,16,18). The first kappa shape index (κ1) is 14.7. The van der Waals surface area contributed by atoms with Gasteiger partial charge in [0, 0.05) is 11.1 Å². The van der Waals surface area contributed by atoms with Crippen LogP contribution in [0.1, 0.15) is 48.4 Å². The first-order valence-corrected chi connectivity index (χ1v) is 6.42. The first-order valence-electron chi connectivity index (χ1n) is 6.42. The Labute approximate surface area is 118 Å². The average molecular weight is 275 g/mol. The fourth-order valence-corrected chi connectivity index (χ4v) is 2.01. The summed E-state index contributed by atoms with van der Waals surface area (Å²) in [6.07, 6.45) is 0.673. The maximum Gasteiger partial charge on any atom is 0.495 e. The monoisotopic (exact) mass is 275 g/mol. The van der Waals surface area contributed by atoms with E-state index in [0.29, 0.717) is 17.3 Å². The Morgan fingerprint density at radius 2 is 1.75 bits per heavy atom. The average Bonchev–Trinajstić information content (AvgIpc) is 2.57. The summed E-state index contributed by atoms with van der Waals surface area (Å²) in [6.45, 7) is 7.74. The first-order chi connectivity index (χ1) is 9.18. The number of aldehydes is 1. The fraction of sp³-hybridized carbons (Fsp3) is 0.429. The summed E-state index contributed by atoms with van der Waals surface area (Å²) in [5, 5.41) is 0. The molecule has 106 valence electrons. The van der Waals surface area contributed by atoms with Gasteiger partial charge in [-0.15, -0.1) is 0 Å². The predicted octanol–water partition coefficient (Wildman–Crippen LogP) is 0.897. The van der Waals surface area contributed by atoms with Crippen molar-refractivity contribution in [2.45, 2.75) is 38.9 Å².